The minimum absolute atomic E-state index is 0.00601. The zero-order valence-electron chi connectivity index (χ0n) is 15.8. The third-order valence-electron chi connectivity index (χ3n) is 5.51. The summed E-state index contributed by atoms with van der Waals surface area (Å²) in [5, 5.41) is 0.549. The summed E-state index contributed by atoms with van der Waals surface area (Å²) >= 11 is 5.92. The van der Waals surface area contributed by atoms with Gasteiger partial charge in [-0.1, -0.05) is 44.2 Å². The van der Waals surface area contributed by atoms with Crippen LogP contribution in [0, 0.1) is 0 Å². The number of carbonyl (C=O) groups excluding carboxylic acids is 3. The molecule has 1 unspecified atom stereocenters. The Bertz CT molecular complexity index is 696. The van der Waals surface area contributed by atoms with Gasteiger partial charge in [0.05, 0.1) is 12.1 Å². The van der Waals surface area contributed by atoms with Crippen LogP contribution in [0.2, 0.25) is 5.02 Å². The fourth-order valence-corrected chi connectivity index (χ4v) is 4.33. The van der Waals surface area contributed by atoms with Crippen molar-refractivity contribution in [3.05, 3.63) is 29.3 Å². The van der Waals surface area contributed by atoms with Crippen LogP contribution in [0.1, 0.15) is 64.7 Å². The third-order valence-corrected chi connectivity index (χ3v) is 5.77. The lowest BCUT2D eigenvalue weighted by Crippen LogP contribution is -2.50. The van der Waals surface area contributed by atoms with E-state index in [1.54, 1.807) is 29.2 Å². The second-order valence-corrected chi connectivity index (χ2v) is 7.90. The number of hydrogen-bond acceptors (Lipinski definition) is 3. The molecule has 146 valence electrons. The minimum Gasteiger partial charge on any atom is -0.327 e. The lowest BCUT2D eigenvalue weighted by molar-refractivity contribution is -0.141. The molecule has 3 amide bonds. The van der Waals surface area contributed by atoms with E-state index in [-0.39, 0.29) is 30.2 Å². The number of hydrogen-bond donors (Lipinski definition) is 0. The van der Waals surface area contributed by atoms with Gasteiger partial charge in [-0.3, -0.25) is 14.4 Å². The predicted octanol–water partition coefficient (Wildman–Crippen LogP) is 4.32. The lowest BCUT2D eigenvalue weighted by atomic mass is 10.0. The fraction of sp³-hybridized carbons (Fsp3) is 0.571. The van der Waals surface area contributed by atoms with Gasteiger partial charge in [-0.25, -0.2) is 4.90 Å². The van der Waals surface area contributed by atoms with Gasteiger partial charge in [0.2, 0.25) is 11.8 Å². The van der Waals surface area contributed by atoms with Gasteiger partial charge < -0.3 is 4.90 Å². The highest BCUT2D eigenvalue weighted by Crippen LogP contribution is 2.31. The Kier molecular flexibility index (Phi) is 6.53. The number of nitrogens with zero attached hydrogens (tertiary/aromatic N) is 2. The maximum atomic E-state index is 13.2. The van der Waals surface area contributed by atoms with Crippen LogP contribution < -0.4 is 4.90 Å². The van der Waals surface area contributed by atoms with Crippen LogP contribution in [0.15, 0.2) is 24.3 Å². The second-order valence-electron chi connectivity index (χ2n) is 7.46. The molecule has 1 heterocycles. The van der Waals surface area contributed by atoms with Crippen molar-refractivity contribution in [2.24, 2.45) is 0 Å². The topological polar surface area (TPSA) is 57.7 Å². The average Bonchev–Trinajstić information content (AvgIpc) is 2.82. The van der Waals surface area contributed by atoms with E-state index in [2.05, 4.69) is 0 Å². The standard InChI is InChI=1S/C21H27ClN2O3/c1-2-7-19(25)23(16-8-5-3-4-6-9-16)18-14-20(26)24(21(18)27)17-12-10-15(22)11-13-17/h10-13,16,18H,2-9,14H2,1H3. The van der Waals surface area contributed by atoms with Gasteiger partial charge >= 0.3 is 0 Å². The number of halogens is 1. The molecule has 0 aromatic heterocycles. The molecule has 2 aliphatic rings. The van der Waals surface area contributed by atoms with Crippen LogP contribution >= 0.6 is 11.6 Å². The van der Waals surface area contributed by atoms with Crippen molar-refractivity contribution in [3.63, 3.8) is 0 Å². The maximum absolute atomic E-state index is 13.2. The van der Waals surface area contributed by atoms with Gasteiger partial charge in [0.25, 0.3) is 5.91 Å². The predicted molar refractivity (Wildman–Crippen MR) is 106 cm³/mol. The Balaban J connectivity index is 1.87. The van der Waals surface area contributed by atoms with E-state index < -0.39 is 6.04 Å². The number of anilines is 1. The van der Waals surface area contributed by atoms with Crippen LogP contribution in [0.4, 0.5) is 5.69 Å². The van der Waals surface area contributed by atoms with Crippen LogP contribution in [0.3, 0.4) is 0 Å². The van der Waals surface area contributed by atoms with Crippen molar-refractivity contribution in [2.45, 2.75) is 76.8 Å². The quantitative estimate of drug-likeness (QED) is 0.555. The van der Waals surface area contributed by atoms with Gasteiger partial charge in [0, 0.05) is 17.5 Å². The molecular weight excluding hydrogens is 364 g/mol. The first-order chi connectivity index (χ1) is 13.0. The van der Waals surface area contributed by atoms with Gasteiger partial charge in [-0.05, 0) is 43.5 Å². The smallest absolute Gasteiger partial charge is 0.257 e. The Labute approximate surface area is 165 Å². The molecule has 1 aromatic rings. The summed E-state index contributed by atoms with van der Waals surface area (Å²) in [7, 11) is 0. The normalized spacial score (nSPS) is 21.4. The Morgan fingerprint density at radius 1 is 1.11 bits per heavy atom. The van der Waals surface area contributed by atoms with E-state index >= 15 is 0 Å². The summed E-state index contributed by atoms with van der Waals surface area (Å²) in [6.07, 6.45) is 7.50. The molecule has 2 fully saturated rings. The SMILES string of the molecule is CCCC(=O)N(C1CCCCCC1)C1CC(=O)N(c2ccc(Cl)cc2)C1=O. The summed E-state index contributed by atoms with van der Waals surface area (Å²) in [5.41, 5.74) is 0.514. The average molecular weight is 391 g/mol. The number of rotatable bonds is 5. The number of imide groups is 1. The third kappa shape index (κ3) is 4.34. The van der Waals surface area contributed by atoms with Crippen molar-refractivity contribution in [1.29, 1.82) is 0 Å². The Morgan fingerprint density at radius 3 is 2.33 bits per heavy atom. The fourth-order valence-electron chi connectivity index (χ4n) is 4.21. The first-order valence-corrected chi connectivity index (χ1v) is 10.3. The lowest BCUT2D eigenvalue weighted by Gasteiger charge is -2.35. The number of benzene rings is 1. The van der Waals surface area contributed by atoms with Crippen LogP contribution in [-0.2, 0) is 14.4 Å². The van der Waals surface area contributed by atoms with Crippen molar-refractivity contribution < 1.29 is 14.4 Å². The van der Waals surface area contributed by atoms with E-state index in [9.17, 15) is 14.4 Å². The molecular formula is C21H27ClN2O3. The van der Waals surface area contributed by atoms with Crippen LogP contribution in [0.25, 0.3) is 0 Å². The van der Waals surface area contributed by atoms with E-state index in [0.717, 1.165) is 32.1 Å². The summed E-state index contributed by atoms with van der Waals surface area (Å²) in [5.74, 6) is -0.556. The van der Waals surface area contributed by atoms with Crippen molar-refractivity contribution >= 4 is 35.0 Å². The van der Waals surface area contributed by atoms with Crippen LogP contribution in [0.5, 0.6) is 0 Å². The summed E-state index contributed by atoms with van der Waals surface area (Å²) in [6.45, 7) is 1.96. The van der Waals surface area contributed by atoms with Gasteiger partial charge in [-0.2, -0.15) is 0 Å². The van der Waals surface area contributed by atoms with Gasteiger partial charge in [0.1, 0.15) is 6.04 Å². The minimum atomic E-state index is -0.685. The van der Waals surface area contributed by atoms with E-state index in [4.69, 9.17) is 11.6 Å². The summed E-state index contributed by atoms with van der Waals surface area (Å²) in [6, 6.07) is 6.04. The van der Waals surface area contributed by atoms with E-state index in [0.29, 0.717) is 17.1 Å². The van der Waals surface area contributed by atoms with Crippen LogP contribution in [-0.4, -0.2) is 34.7 Å². The molecule has 0 N–H and O–H groups in total. The zero-order chi connectivity index (χ0) is 19.4. The molecule has 27 heavy (non-hydrogen) atoms. The number of amides is 3. The molecule has 3 rings (SSSR count). The molecule has 1 saturated heterocycles. The molecule has 0 radical (unpaired) electrons. The molecule has 1 saturated carbocycles. The highest BCUT2D eigenvalue weighted by molar-refractivity contribution is 6.30. The first kappa shape index (κ1) is 19.9. The monoisotopic (exact) mass is 390 g/mol. The second kappa shape index (κ2) is 8.87. The van der Waals surface area contributed by atoms with Crippen molar-refractivity contribution in [3.8, 4) is 0 Å². The van der Waals surface area contributed by atoms with E-state index in [1.807, 2.05) is 6.92 Å². The largest absolute Gasteiger partial charge is 0.327 e. The number of carbonyl (C=O) groups is 3. The molecule has 1 atom stereocenters. The van der Waals surface area contributed by atoms with E-state index in [1.165, 1.54) is 17.7 Å². The summed E-state index contributed by atoms with van der Waals surface area (Å²) < 4.78 is 0. The molecule has 0 spiro atoms. The molecule has 1 aliphatic heterocycles. The zero-order valence-corrected chi connectivity index (χ0v) is 16.6. The molecule has 5 nitrogen and oxygen atoms in total. The molecule has 6 heteroatoms. The van der Waals surface area contributed by atoms with Gasteiger partial charge in [0.15, 0.2) is 0 Å². The summed E-state index contributed by atoms with van der Waals surface area (Å²) in [4.78, 5) is 41.7. The Hall–Kier alpha value is -1.88. The van der Waals surface area contributed by atoms with Crippen molar-refractivity contribution in [1.82, 2.24) is 4.90 Å². The van der Waals surface area contributed by atoms with Gasteiger partial charge in [-0.15, -0.1) is 0 Å². The first-order valence-electron chi connectivity index (χ1n) is 9.96. The Morgan fingerprint density at radius 2 is 1.74 bits per heavy atom. The molecule has 0 bridgehead atoms. The highest BCUT2D eigenvalue weighted by atomic mass is 35.5. The molecule has 1 aliphatic carbocycles. The molecule has 1 aromatic carbocycles. The van der Waals surface area contributed by atoms with Crippen molar-refractivity contribution in [2.75, 3.05) is 4.90 Å². The maximum Gasteiger partial charge on any atom is 0.257 e. The highest BCUT2D eigenvalue weighted by Gasteiger charge is 2.46.